The number of carbonyl (C=O) groups is 2. The van der Waals surface area contributed by atoms with E-state index in [2.05, 4.69) is 17.6 Å². The Kier molecular flexibility index (Phi) is 5.59. The number of amides is 2. The van der Waals surface area contributed by atoms with Gasteiger partial charge in [-0.15, -0.1) is 0 Å². The predicted molar refractivity (Wildman–Crippen MR) is 71.2 cm³/mol. The summed E-state index contributed by atoms with van der Waals surface area (Å²) in [6.07, 6.45) is 4.18. The van der Waals surface area contributed by atoms with Crippen molar-refractivity contribution in [1.29, 1.82) is 0 Å². The Balaban J connectivity index is 2.57. The van der Waals surface area contributed by atoms with Crippen LogP contribution in [-0.4, -0.2) is 49.4 Å². The molecule has 5 nitrogen and oxygen atoms in total. The molecule has 1 unspecified atom stereocenters. The highest BCUT2D eigenvalue weighted by atomic mass is 16.2. The van der Waals surface area contributed by atoms with Gasteiger partial charge in [-0.25, -0.2) is 0 Å². The SMILES string of the molecule is CCCC1(C(=O)N(C)CCC(=O)NC)CCCN1. The Morgan fingerprint density at radius 1 is 1.44 bits per heavy atom. The number of likely N-dealkylation sites (N-methyl/N-ethyl adjacent to an activating group) is 1. The van der Waals surface area contributed by atoms with Crippen LogP contribution in [0.25, 0.3) is 0 Å². The average Bonchev–Trinajstić information content (AvgIpc) is 2.84. The lowest BCUT2D eigenvalue weighted by Gasteiger charge is -2.32. The molecule has 1 aliphatic rings. The summed E-state index contributed by atoms with van der Waals surface area (Å²) in [5.41, 5.74) is -0.383. The van der Waals surface area contributed by atoms with Crippen LogP contribution in [0.4, 0.5) is 0 Å². The van der Waals surface area contributed by atoms with Gasteiger partial charge in [0, 0.05) is 27.1 Å². The third kappa shape index (κ3) is 3.45. The first kappa shape index (κ1) is 15.0. The minimum absolute atomic E-state index is 0.0291. The maximum Gasteiger partial charge on any atom is 0.242 e. The van der Waals surface area contributed by atoms with Crippen LogP contribution in [0.2, 0.25) is 0 Å². The summed E-state index contributed by atoms with van der Waals surface area (Å²) in [6.45, 7) is 3.49. The van der Waals surface area contributed by atoms with E-state index in [1.165, 1.54) is 0 Å². The van der Waals surface area contributed by atoms with E-state index < -0.39 is 0 Å². The van der Waals surface area contributed by atoms with Crippen molar-refractivity contribution in [3.8, 4) is 0 Å². The molecule has 104 valence electrons. The minimum Gasteiger partial charge on any atom is -0.359 e. The first-order valence-electron chi connectivity index (χ1n) is 6.77. The van der Waals surface area contributed by atoms with Gasteiger partial charge in [0.2, 0.25) is 11.8 Å². The van der Waals surface area contributed by atoms with Crippen molar-refractivity contribution in [3.63, 3.8) is 0 Å². The minimum atomic E-state index is -0.383. The molecule has 1 saturated heterocycles. The molecule has 0 spiro atoms. The van der Waals surface area contributed by atoms with Crippen molar-refractivity contribution in [2.24, 2.45) is 0 Å². The highest BCUT2D eigenvalue weighted by Gasteiger charge is 2.41. The summed E-state index contributed by atoms with van der Waals surface area (Å²) in [5, 5.41) is 5.93. The topological polar surface area (TPSA) is 61.4 Å². The molecule has 1 fully saturated rings. The zero-order valence-electron chi connectivity index (χ0n) is 11.7. The molecule has 18 heavy (non-hydrogen) atoms. The van der Waals surface area contributed by atoms with Gasteiger partial charge < -0.3 is 15.5 Å². The largest absolute Gasteiger partial charge is 0.359 e. The molecule has 0 aromatic carbocycles. The Bertz CT molecular complexity index is 299. The van der Waals surface area contributed by atoms with E-state index >= 15 is 0 Å². The molecule has 1 aliphatic heterocycles. The highest BCUT2D eigenvalue weighted by Crippen LogP contribution is 2.26. The van der Waals surface area contributed by atoms with Crippen LogP contribution in [0.15, 0.2) is 0 Å². The second-order valence-electron chi connectivity index (χ2n) is 5.01. The van der Waals surface area contributed by atoms with E-state index in [4.69, 9.17) is 0 Å². The molecule has 1 atom stereocenters. The van der Waals surface area contributed by atoms with Gasteiger partial charge in [0.15, 0.2) is 0 Å². The number of nitrogens with zero attached hydrogens (tertiary/aromatic N) is 1. The molecule has 0 saturated carbocycles. The van der Waals surface area contributed by atoms with Gasteiger partial charge in [0.25, 0.3) is 0 Å². The predicted octanol–water partition coefficient (Wildman–Crippen LogP) is 0.503. The Hall–Kier alpha value is -1.10. The number of nitrogens with one attached hydrogen (secondary N) is 2. The lowest BCUT2D eigenvalue weighted by molar-refractivity contribution is -0.137. The van der Waals surface area contributed by atoms with Crippen molar-refractivity contribution in [1.82, 2.24) is 15.5 Å². The number of carbonyl (C=O) groups excluding carboxylic acids is 2. The number of hydrogen-bond donors (Lipinski definition) is 2. The van der Waals surface area contributed by atoms with Gasteiger partial charge in [-0.3, -0.25) is 9.59 Å². The molecular formula is C13H25N3O2. The zero-order valence-corrected chi connectivity index (χ0v) is 11.7. The van der Waals surface area contributed by atoms with Crippen LogP contribution in [0.5, 0.6) is 0 Å². The summed E-state index contributed by atoms with van der Waals surface area (Å²) in [5.74, 6) is 0.101. The molecule has 5 heteroatoms. The molecule has 0 bridgehead atoms. The van der Waals surface area contributed by atoms with Gasteiger partial charge >= 0.3 is 0 Å². The summed E-state index contributed by atoms with van der Waals surface area (Å²) in [6, 6.07) is 0. The van der Waals surface area contributed by atoms with E-state index in [-0.39, 0.29) is 17.4 Å². The molecule has 0 aliphatic carbocycles. The molecule has 1 rings (SSSR count). The second-order valence-corrected chi connectivity index (χ2v) is 5.01. The lowest BCUT2D eigenvalue weighted by atomic mass is 9.90. The van der Waals surface area contributed by atoms with Gasteiger partial charge in [0.05, 0.1) is 5.54 Å². The molecule has 0 radical (unpaired) electrons. The van der Waals surface area contributed by atoms with E-state index in [1.54, 1.807) is 19.0 Å². The monoisotopic (exact) mass is 255 g/mol. The lowest BCUT2D eigenvalue weighted by Crippen LogP contribution is -2.54. The Morgan fingerprint density at radius 3 is 2.67 bits per heavy atom. The Labute approximate surface area is 109 Å². The fourth-order valence-electron chi connectivity index (χ4n) is 2.60. The second kappa shape index (κ2) is 6.73. The average molecular weight is 255 g/mol. The molecule has 0 aromatic rings. The fraction of sp³-hybridized carbons (Fsp3) is 0.846. The van der Waals surface area contributed by atoms with Gasteiger partial charge in [-0.05, 0) is 25.8 Å². The summed E-state index contributed by atoms with van der Waals surface area (Å²) >= 11 is 0. The molecule has 2 N–H and O–H groups in total. The van der Waals surface area contributed by atoms with Crippen LogP contribution in [-0.2, 0) is 9.59 Å². The standard InChI is InChI=1S/C13H25N3O2/c1-4-7-13(8-5-9-15-13)12(18)16(3)10-6-11(17)14-2/h15H,4-10H2,1-3H3,(H,14,17). The fourth-order valence-corrected chi connectivity index (χ4v) is 2.60. The maximum absolute atomic E-state index is 12.5. The summed E-state index contributed by atoms with van der Waals surface area (Å²) in [4.78, 5) is 25.4. The number of hydrogen-bond acceptors (Lipinski definition) is 3. The third-order valence-corrected chi connectivity index (χ3v) is 3.63. The Morgan fingerprint density at radius 2 is 2.17 bits per heavy atom. The zero-order chi connectivity index (χ0) is 13.6. The van der Waals surface area contributed by atoms with Crippen molar-refractivity contribution in [2.45, 2.75) is 44.6 Å². The smallest absolute Gasteiger partial charge is 0.242 e. The van der Waals surface area contributed by atoms with Crippen LogP contribution < -0.4 is 10.6 Å². The number of rotatable bonds is 6. The van der Waals surface area contributed by atoms with Gasteiger partial charge in [-0.2, -0.15) is 0 Å². The van der Waals surface area contributed by atoms with E-state index in [0.29, 0.717) is 13.0 Å². The first-order valence-corrected chi connectivity index (χ1v) is 6.77. The molecular weight excluding hydrogens is 230 g/mol. The van der Waals surface area contributed by atoms with Crippen molar-refractivity contribution in [2.75, 3.05) is 27.2 Å². The van der Waals surface area contributed by atoms with Crippen molar-refractivity contribution < 1.29 is 9.59 Å². The van der Waals surface area contributed by atoms with E-state index in [1.807, 2.05) is 0 Å². The molecule has 0 aromatic heterocycles. The quantitative estimate of drug-likeness (QED) is 0.726. The molecule has 1 heterocycles. The van der Waals surface area contributed by atoms with Crippen LogP contribution in [0.3, 0.4) is 0 Å². The molecule has 2 amide bonds. The van der Waals surface area contributed by atoms with E-state index in [9.17, 15) is 9.59 Å². The normalized spacial score (nSPS) is 22.8. The summed E-state index contributed by atoms with van der Waals surface area (Å²) in [7, 11) is 3.39. The van der Waals surface area contributed by atoms with Crippen LogP contribution in [0.1, 0.15) is 39.0 Å². The van der Waals surface area contributed by atoms with Crippen molar-refractivity contribution >= 4 is 11.8 Å². The maximum atomic E-state index is 12.5. The summed E-state index contributed by atoms with van der Waals surface area (Å²) < 4.78 is 0. The van der Waals surface area contributed by atoms with Crippen LogP contribution >= 0.6 is 0 Å². The third-order valence-electron chi connectivity index (χ3n) is 3.63. The highest BCUT2D eigenvalue weighted by molar-refractivity contribution is 5.87. The first-order chi connectivity index (χ1) is 8.55. The van der Waals surface area contributed by atoms with Gasteiger partial charge in [-0.1, -0.05) is 13.3 Å². The van der Waals surface area contributed by atoms with Crippen molar-refractivity contribution in [3.05, 3.63) is 0 Å². The van der Waals surface area contributed by atoms with E-state index in [0.717, 1.165) is 32.2 Å². The van der Waals surface area contributed by atoms with Gasteiger partial charge in [0.1, 0.15) is 0 Å². The van der Waals surface area contributed by atoms with Crippen LogP contribution in [0, 0.1) is 0 Å².